The second-order valence-corrected chi connectivity index (χ2v) is 7.19. The number of amides is 1. The molecule has 116 valence electrons. The van der Waals surface area contributed by atoms with Crippen LogP contribution in [0.25, 0.3) is 10.2 Å². The number of nitrogens with zero attached hydrogens (tertiary/aromatic N) is 3. The minimum atomic E-state index is 0.0621. The van der Waals surface area contributed by atoms with Gasteiger partial charge in [0.2, 0.25) is 5.91 Å². The summed E-state index contributed by atoms with van der Waals surface area (Å²) < 4.78 is 6.95. The molecule has 2 aliphatic heterocycles. The van der Waals surface area contributed by atoms with Crippen molar-refractivity contribution in [3.63, 3.8) is 0 Å². The fourth-order valence-electron chi connectivity index (χ4n) is 3.13. The highest BCUT2D eigenvalue weighted by atomic mass is 35.5. The predicted octanol–water partition coefficient (Wildman–Crippen LogP) is 2.39. The number of fused-ring (bicyclic) bond motifs is 2. The molecule has 0 bridgehead atoms. The summed E-state index contributed by atoms with van der Waals surface area (Å²) in [7, 11) is 1.87. The highest BCUT2D eigenvalue weighted by Crippen LogP contribution is 2.34. The van der Waals surface area contributed by atoms with Crippen molar-refractivity contribution in [1.82, 2.24) is 9.88 Å². The molecule has 2 aromatic rings. The lowest BCUT2D eigenvalue weighted by Crippen LogP contribution is -2.42. The van der Waals surface area contributed by atoms with Gasteiger partial charge in [0.25, 0.3) is 0 Å². The highest BCUT2D eigenvalue weighted by molar-refractivity contribution is 7.22. The van der Waals surface area contributed by atoms with Crippen LogP contribution in [-0.4, -0.2) is 54.7 Å². The van der Waals surface area contributed by atoms with E-state index < -0.39 is 0 Å². The van der Waals surface area contributed by atoms with Crippen molar-refractivity contribution in [2.24, 2.45) is 0 Å². The molecule has 1 aromatic heterocycles. The molecular weight excluding hydrogens is 322 g/mol. The largest absolute Gasteiger partial charge is 0.374 e. The van der Waals surface area contributed by atoms with Gasteiger partial charge in [0.1, 0.15) is 0 Å². The van der Waals surface area contributed by atoms with Gasteiger partial charge in [-0.1, -0.05) is 22.9 Å². The molecule has 2 aliphatic rings. The summed E-state index contributed by atoms with van der Waals surface area (Å²) in [6, 6.07) is 5.85. The number of carbonyl (C=O) groups is 1. The van der Waals surface area contributed by atoms with Crippen LogP contribution in [0.2, 0.25) is 5.02 Å². The molecule has 0 spiro atoms. The van der Waals surface area contributed by atoms with E-state index >= 15 is 0 Å². The zero-order valence-electron chi connectivity index (χ0n) is 12.2. The fourth-order valence-corrected chi connectivity index (χ4v) is 4.39. The first-order valence-electron chi connectivity index (χ1n) is 7.30. The zero-order valence-corrected chi connectivity index (χ0v) is 13.7. The van der Waals surface area contributed by atoms with E-state index in [1.807, 2.05) is 30.1 Å². The number of benzene rings is 1. The van der Waals surface area contributed by atoms with Crippen LogP contribution in [0.5, 0.6) is 0 Å². The lowest BCUT2D eigenvalue weighted by Gasteiger charge is -2.24. The SMILES string of the molecule is CN1C(=O)CCO[C@H]2CN(c3nc4ccc(Cl)cc4s3)C[C@@H]21. The zero-order chi connectivity index (χ0) is 15.3. The number of thiazole rings is 1. The Morgan fingerprint density at radius 1 is 1.41 bits per heavy atom. The van der Waals surface area contributed by atoms with E-state index in [0.29, 0.717) is 13.0 Å². The van der Waals surface area contributed by atoms with E-state index in [2.05, 4.69) is 9.88 Å². The molecule has 7 heteroatoms. The molecule has 4 rings (SSSR count). The Labute approximate surface area is 137 Å². The third-order valence-electron chi connectivity index (χ3n) is 4.39. The van der Waals surface area contributed by atoms with Gasteiger partial charge < -0.3 is 14.5 Å². The maximum absolute atomic E-state index is 12.0. The maximum Gasteiger partial charge on any atom is 0.225 e. The molecule has 1 aromatic carbocycles. The Bertz CT molecular complexity index is 735. The van der Waals surface area contributed by atoms with Crippen molar-refractivity contribution in [2.45, 2.75) is 18.6 Å². The van der Waals surface area contributed by atoms with Gasteiger partial charge in [-0.3, -0.25) is 4.79 Å². The van der Waals surface area contributed by atoms with Crippen molar-refractivity contribution in [2.75, 3.05) is 31.6 Å². The number of halogens is 1. The standard InChI is InChI=1S/C15H16ClN3O2S/c1-18-11-7-19(8-12(11)21-5-4-14(18)20)15-17-10-3-2-9(16)6-13(10)22-15/h2-3,6,11-12H,4-5,7-8H2,1H3/t11-,12-/m0/s1. The fraction of sp³-hybridized carbons (Fsp3) is 0.467. The van der Waals surface area contributed by atoms with Crippen LogP contribution in [0.3, 0.4) is 0 Å². The molecule has 0 N–H and O–H groups in total. The molecule has 5 nitrogen and oxygen atoms in total. The number of hydrogen-bond donors (Lipinski definition) is 0. The second-order valence-electron chi connectivity index (χ2n) is 5.74. The van der Waals surface area contributed by atoms with Gasteiger partial charge in [-0.15, -0.1) is 0 Å². The number of anilines is 1. The summed E-state index contributed by atoms with van der Waals surface area (Å²) in [5.41, 5.74) is 0.960. The highest BCUT2D eigenvalue weighted by Gasteiger charge is 2.40. The van der Waals surface area contributed by atoms with Crippen LogP contribution in [0.1, 0.15) is 6.42 Å². The van der Waals surface area contributed by atoms with Gasteiger partial charge >= 0.3 is 0 Å². The van der Waals surface area contributed by atoms with Crippen molar-refractivity contribution >= 4 is 44.2 Å². The van der Waals surface area contributed by atoms with Crippen LogP contribution in [-0.2, 0) is 9.53 Å². The topological polar surface area (TPSA) is 45.7 Å². The van der Waals surface area contributed by atoms with E-state index in [0.717, 1.165) is 33.5 Å². The Balaban J connectivity index is 1.62. The van der Waals surface area contributed by atoms with E-state index in [9.17, 15) is 4.79 Å². The van der Waals surface area contributed by atoms with Crippen molar-refractivity contribution in [3.8, 4) is 0 Å². The lowest BCUT2D eigenvalue weighted by molar-refractivity contribution is -0.130. The number of aromatic nitrogens is 1. The number of ether oxygens (including phenoxy) is 1. The Hall–Kier alpha value is -1.37. The number of rotatable bonds is 1. The van der Waals surface area contributed by atoms with Gasteiger partial charge in [0, 0.05) is 25.2 Å². The van der Waals surface area contributed by atoms with Gasteiger partial charge in [-0.05, 0) is 18.2 Å². The molecule has 0 saturated carbocycles. The molecule has 0 unspecified atom stereocenters. The summed E-state index contributed by atoms with van der Waals surface area (Å²) in [5, 5.41) is 1.69. The van der Waals surface area contributed by atoms with Crippen LogP contribution in [0.4, 0.5) is 5.13 Å². The monoisotopic (exact) mass is 337 g/mol. The van der Waals surface area contributed by atoms with Crippen LogP contribution in [0, 0.1) is 0 Å². The van der Waals surface area contributed by atoms with Gasteiger partial charge in [0.05, 0.1) is 35.4 Å². The predicted molar refractivity (Wildman–Crippen MR) is 87.8 cm³/mol. The molecule has 1 amide bonds. The van der Waals surface area contributed by atoms with Crippen LogP contribution >= 0.6 is 22.9 Å². The summed E-state index contributed by atoms with van der Waals surface area (Å²) in [6.07, 6.45) is 0.537. The van der Waals surface area contributed by atoms with E-state index in [-0.39, 0.29) is 18.1 Å². The van der Waals surface area contributed by atoms with Crippen molar-refractivity contribution < 1.29 is 9.53 Å². The summed E-state index contributed by atoms with van der Waals surface area (Å²) in [4.78, 5) is 20.7. The van der Waals surface area contributed by atoms with Crippen molar-refractivity contribution in [3.05, 3.63) is 23.2 Å². The molecule has 2 fully saturated rings. The Morgan fingerprint density at radius 3 is 3.14 bits per heavy atom. The third-order valence-corrected chi connectivity index (χ3v) is 5.70. The molecule has 22 heavy (non-hydrogen) atoms. The van der Waals surface area contributed by atoms with Gasteiger partial charge in [-0.2, -0.15) is 0 Å². The average Bonchev–Trinajstić information content (AvgIpc) is 3.06. The van der Waals surface area contributed by atoms with Gasteiger partial charge in [-0.25, -0.2) is 4.98 Å². The Kier molecular flexibility index (Phi) is 3.47. The van der Waals surface area contributed by atoms with Crippen LogP contribution in [0.15, 0.2) is 18.2 Å². The molecule has 3 heterocycles. The second kappa shape index (κ2) is 5.37. The minimum absolute atomic E-state index is 0.0621. The normalized spacial score (nSPS) is 25.6. The molecule has 0 radical (unpaired) electrons. The first kappa shape index (κ1) is 14.2. The lowest BCUT2D eigenvalue weighted by atomic mass is 10.2. The molecular formula is C15H16ClN3O2S. The first-order chi connectivity index (χ1) is 10.6. The third kappa shape index (κ3) is 2.35. The summed E-state index contributed by atoms with van der Waals surface area (Å²) >= 11 is 7.67. The Morgan fingerprint density at radius 2 is 2.27 bits per heavy atom. The average molecular weight is 338 g/mol. The van der Waals surface area contributed by atoms with E-state index in [1.54, 1.807) is 11.3 Å². The van der Waals surface area contributed by atoms with Crippen LogP contribution < -0.4 is 4.90 Å². The smallest absolute Gasteiger partial charge is 0.225 e. The summed E-state index contributed by atoms with van der Waals surface area (Å²) in [6.45, 7) is 2.05. The van der Waals surface area contributed by atoms with Gasteiger partial charge in [0.15, 0.2) is 5.13 Å². The number of carbonyl (C=O) groups excluding carboxylic acids is 1. The summed E-state index contributed by atoms with van der Waals surface area (Å²) in [5.74, 6) is 0.158. The van der Waals surface area contributed by atoms with E-state index in [4.69, 9.17) is 16.3 Å². The quantitative estimate of drug-likeness (QED) is 0.801. The minimum Gasteiger partial charge on any atom is -0.374 e. The number of hydrogen-bond acceptors (Lipinski definition) is 5. The van der Waals surface area contributed by atoms with Crippen molar-refractivity contribution in [1.29, 1.82) is 0 Å². The number of likely N-dealkylation sites (N-methyl/N-ethyl adjacent to an activating group) is 1. The molecule has 2 saturated heterocycles. The first-order valence-corrected chi connectivity index (χ1v) is 8.49. The molecule has 0 aliphatic carbocycles. The van der Waals surface area contributed by atoms with E-state index in [1.165, 1.54) is 0 Å². The molecule has 2 atom stereocenters. The maximum atomic E-state index is 12.0.